The highest BCUT2D eigenvalue weighted by Gasteiger charge is 2.21. The van der Waals surface area contributed by atoms with Crippen LogP contribution in [0.15, 0.2) is 48.5 Å². The molecule has 28 heavy (non-hydrogen) atoms. The summed E-state index contributed by atoms with van der Waals surface area (Å²) in [6.45, 7) is 0.221. The van der Waals surface area contributed by atoms with Crippen molar-refractivity contribution in [2.45, 2.75) is 12.8 Å². The molecule has 1 amide bonds. The number of halogens is 2. The summed E-state index contributed by atoms with van der Waals surface area (Å²) in [5, 5.41) is 0.164. The second-order valence-corrected chi connectivity index (χ2v) is 6.60. The summed E-state index contributed by atoms with van der Waals surface area (Å²) in [5.74, 6) is -1.67. The molecule has 0 bridgehead atoms. The molecule has 1 heterocycles. The van der Waals surface area contributed by atoms with Crippen LogP contribution >= 0.6 is 11.6 Å². The number of ether oxygens (including phenoxy) is 1. The van der Waals surface area contributed by atoms with Crippen molar-refractivity contribution in [3.05, 3.63) is 70.5 Å². The fourth-order valence-corrected chi connectivity index (χ4v) is 3.06. The molecule has 5 nitrogen and oxygen atoms in total. The minimum absolute atomic E-state index is 0.0646. The second-order valence-electron chi connectivity index (χ2n) is 6.20. The molecule has 0 N–H and O–H groups in total. The van der Waals surface area contributed by atoms with Crippen molar-refractivity contribution in [2.75, 3.05) is 18.1 Å². The van der Waals surface area contributed by atoms with Crippen molar-refractivity contribution in [3.63, 3.8) is 0 Å². The molecular weight excluding hydrogens is 385 g/mol. The molecule has 3 rings (SSSR count). The predicted octanol–water partition coefficient (Wildman–Crippen LogP) is 4.05. The number of carbonyl (C=O) groups excluding carboxylic acids is 3. The van der Waals surface area contributed by atoms with Gasteiger partial charge in [-0.05, 0) is 48.9 Å². The standard InChI is InChI=1S/C21H17ClFNO4/c22-17-3-1-4-18(23)16(17)10-11-21(27)28-13-19(25)14-6-8-15(9-7-14)24-12-2-5-20(24)26/h1,3-4,6-11H,2,5,12-13H2/b11-10+. The normalized spacial score (nSPS) is 13.9. The van der Waals surface area contributed by atoms with Crippen LogP contribution in [0.4, 0.5) is 10.1 Å². The maximum absolute atomic E-state index is 13.6. The maximum atomic E-state index is 13.6. The van der Waals surface area contributed by atoms with E-state index in [1.54, 1.807) is 29.2 Å². The summed E-state index contributed by atoms with van der Waals surface area (Å²) < 4.78 is 18.5. The number of carbonyl (C=O) groups is 3. The van der Waals surface area contributed by atoms with Gasteiger partial charge in [-0.15, -0.1) is 0 Å². The van der Waals surface area contributed by atoms with Crippen molar-refractivity contribution in [1.29, 1.82) is 0 Å². The molecule has 0 aromatic heterocycles. The average Bonchev–Trinajstić information content (AvgIpc) is 3.11. The monoisotopic (exact) mass is 401 g/mol. The van der Waals surface area contributed by atoms with Crippen LogP contribution in [0.3, 0.4) is 0 Å². The third kappa shape index (κ3) is 4.64. The molecule has 2 aromatic rings. The Morgan fingerprint density at radius 1 is 1.18 bits per heavy atom. The number of hydrogen-bond acceptors (Lipinski definition) is 4. The zero-order valence-corrected chi connectivity index (χ0v) is 15.6. The molecule has 1 aliphatic heterocycles. The number of ketones is 1. The number of Topliss-reactive ketones (excluding diaryl/α,β-unsaturated/α-hetero) is 1. The van der Waals surface area contributed by atoms with Gasteiger partial charge in [-0.3, -0.25) is 9.59 Å². The number of nitrogens with zero attached hydrogens (tertiary/aromatic N) is 1. The Labute approximate surface area is 166 Å². The van der Waals surface area contributed by atoms with Crippen LogP contribution in [0, 0.1) is 5.82 Å². The van der Waals surface area contributed by atoms with Gasteiger partial charge in [0.2, 0.25) is 5.91 Å². The van der Waals surface area contributed by atoms with Gasteiger partial charge in [0, 0.05) is 35.9 Å². The fourth-order valence-electron chi connectivity index (χ4n) is 2.84. The molecule has 1 aliphatic rings. The molecule has 0 saturated carbocycles. The third-order valence-electron chi connectivity index (χ3n) is 4.31. The van der Waals surface area contributed by atoms with Gasteiger partial charge < -0.3 is 9.64 Å². The molecule has 0 atom stereocenters. The number of amides is 1. The Morgan fingerprint density at radius 2 is 1.93 bits per heavy atom. The van der Waals surface area contributed by atoms with Crippen LogP contribution in [0.2, 0.25) is 5.02 Å². The summed E-state index contributed by atoms with van der Waals surface area (Å²) >= 11 is 5.87. The number of anilines is 1. The first-order chi connectivity index (χ1) is 13.5. The first kappa shape index (κ1) is 19.8. The van der Waals surface area contributed by atoms with Crippen LogP contribution in [0.5, 0.6) is 0 Å². The van der Waals surface area contributed by atoms with Crippen molar-refractivity contribution in [3.8, 4) is 0 Å². The highest BCUT2D eigenvalue weighted by Crippen LogP contribution is 2.22. The van der Waals surface area contributed by atoms with Gasteiger partial charge >= 0.3 is 5.97 Å². The van der Waals surface area contributed by atoms with Crippen LogP contribution in [-0.2, 0) is 14.3 Å². The van der Waals surface area contributed by atoms with Crippen molar-refractivity contribution >= 4 is 41.0 Å². The molecule has 144 valence electrons. The number of hydrogen-bond donors (Lipinski definition) is 0. The second kappa shape index (κ2) is 8.80. The Kier molecular flexibility index (Phi) is 6.21. The highest BCUT2D eigenvalue weighted by atomic mass is 35.5. The van der Waals surface area contributed by atoms with Gasteiger partial charge in [-0.25, -0.2) is 9.18 Å². The first-order valence-corrected chi connectivity index (χ1v) is 9.06. The zero-order valence-electron chi connectivity index (χ0n) is 14.9. The molecular formula is C21H17ClFNO4. The van der Waals surface area contributed by atoms with Gasteiger partial charge in [0.1, 0.15) is 5.82 Å². The molecule has 0 spiro atoms. The van der Waals surface area contributed by atoms with E-state index in [4.69, 9.17) is 16.3 Å². The van der Waals surface area contributed by atoms with E-state index < -0.39 is 18.4 Å². The summed E-state index contributed by atoms with van der Waals surface area (Å²) in [5.41, 5.74) is 1.17. The lowest BCUT2D eigenvalue weighted by atomic mass is 10.1. The Bertz CT molecular complexity index is 920. The minimum Gasteiger partial charge on any atom is -0.454 e. The van der Waals surface area contributed by atoms with E-state index in [9.17, 15) is 18.8 Å². The highest BCUT2D eigenvalue weighted by molar-refractivity contribution is 6.32. The minimum atomic E-state index is -0.785. The number of rotatable bonds is 6. The number of benzene rings is 2. The first-order valence-electron chi connectivity index (χ1n) is 8.68. The largest absolute Gasteiger partial charge is 0.454 e. The molecule has 1 fully saturated rings. The summed E-state index contributed by atoms with van der Waals surface area (Å²) in [6.07, 6.45) is 3.56. The maximum Gasteiger partial charge on any atom is 0.331 e. The molecule has 2 aromatic carbocycles. The molecule has 0 radical (unpaired) electrons. The summed E-state index contributed by atoms with van der Waals surface area (Å²) in [7, 11) is 0. The summed E-state index contributed by atoms with van der Waals surface area (Å²) in [4.78, 5) is 37.3. The molecule has 1 saturated heterocycles. The lowest BCUT2D eigenvalue weighted by Crippen LogP contribution is -2.23. The van der Waals surface area contributed by atoms with Gasteiger partial charge in [0.25, 0.3) is 0 Å². The van der Waals surface area contributed by atoms with E-state index in [1.807, 2.05) is 0 Å². The lowest BCUT2D eigenvalue weighted by Gasteiger charge is -2.15. The topological polar surface area (TPSA) is 63.7 Å². The van der Waals surface area contributed by atoms with Crippen LogP contribution < -0.4 is 4.90 Å². The van der Waals surface area contributed by atoms with E-state index in [-0.39, 0.29) is 22.3 Å². The number of esters is 1. The molecule has 7 heteroatoms. The SMILES string of the molecule is O=C(/C=C/c1c(F)cccc1Cl)OCC(=O)c1ccc(N2CCCC2=O)cc1. The fraction of sp³-hybridized carbons (Fsp3) is 0.190. The van der Waals surface area contributed by atoms with E-state index in [2.05, 4.69) is 0 Å². The van der Waals surface area contributed by atoms with Crippen molar-refractivity contribution in [2.24, 2.45) is 0 Å². The lowest BCUT2D eigenvalue weighted by molar-refractivity contribution is -0.136. The van der Waals surface area contributed by atoms with Gasteiger partial charge in [-0.1, -0.05) is 17.7 Å². The Hall–Kier alpha value is -2.99. The zero-order chi connectivity index (χ0) is 20.1. The summed E-state index contributed by atoms with van der Waals surface area (Å²) in [6, 6.07) is 10.7. The third-order valence-corrected chi connectivity index (χ3v) is 4.64. The van der Waals surface area contributed by atoms with Gasteiger partial charge in [0.15, 0.2) is 12.4 Å². The molecule has 0 unspecified atom stereocenters. The Balaban J connectivity index is 1.55. The Morgan fingerprint density at radius 3 is 2.57 bits per heavy atom. The van der Waals surface area contributed by atoms with Gasteiger partial charge in [0.05, 0.1) is 5.02 Å². The quantitative estimate of drug-likeness (QED) is 0.416. The van der Waals surface area contributed by atoms with Crippen LogP contribution in [0.25, 0.3) is 6.08 Å². The van der Waals surface area contributed by atoms with E-state index in [0.29, 0.717) is 18.5 Å². The van der Waals surface area contributed by atoms with Crippen molar-refractivity contribution < 1.29 is 23.5 Å². The van der Waals surface area contributed by atoms with Gasteiger partial charge in [-0.2, -0.15) is 0 Å². The van der Waals surface area contributed by atoms with Crippen LogP contribution in [-0.4, -0.2) is 30.8 Å². The van der Waals surface area contributed by atoms with E-state index in [0.717, 1.165) is 18.2 Å². The predicted molar refractivity (Wildman–Crippen MR) is 104 cm³/mol. The van der Waals surface area contributed by atoms with Crippen LogP contribution in [0.1, 0.15) is 28.8 Å². The molecule has 0 aliphatic carbocycles. The van der Waals surface area contributed by atoms with Crippen molar-refractivity contribution in [1.82, 2.24) is 0 Å². The van der Waals surface area contributed by atoms with E-state index in [1.165, 1.54) is 24.3 Å². The van der Waals surface area contributed by atoms with E-state index >= 15 is 0 Å². The average molecular weight is 402 g/mol. The smallest absolute Gasteiger partial charge is 0.331 e.